The normalized spacial score (nSPS) is 12.6. The maximum Gasteiger partial charge on any atom is 0.243 e. The van der Waals surface area contributed by atoms with Gasteiger partial charge in [0.2, 0.25) is 10.0 Å². The Balaban J connectivity index is 3.19. The molecule has 1 aromatic carbocycles. The molecular formula is C15H24FNO2S. The Labute approximate surface area is 121 Å². The molecule has 1 aromatic rings. The summed E-state index contributed by atoms with van der Waals surface area (Å²) in [7, 11) is -3.57. The highest BCUT2D eigenvalue weighted by Gasteiger charge is 2.30. The Morgan fingerprint density at radius 1 is 1.10 bits per heavy atom. The van der Waals surface area contributed by atoms with Crippen molar-refractivity contribution < 1.29 is 12.8 Å². The van der Waals surface area contributed by atoms with E-state index >= 15 is 0 Å². The molecule has 3 nitrogen and oxygen atoms in total. The van der Waals surface area contributed by atoms with Gasteiger partial charge in [-0.05, 0) is 43.0 Å². The average molecular weight is 301 g/mol. The third-order valence-corrected chi connectivity index (χ3v) is 5.25. The van der Waals surface area contributed by atoms with Gasteiger partial charge in [0, 0.05) is 12.6 Å². The largest absolute Gasteiger partial charge is 0.243 e. The van der Waals surface area contributed by atoms with E-state index in [1.807, 2.05) is 27.7 Å². The van der Waals surface area contributed by atoms with Crippen molar-refractivity contribution in [1.29, 1.82) is 0 Å². The fraction of sp³-hybridized carbons (Fsp3) is 0.600. The van der Waals surface area contributed by atoms with E-state index in [1.165, 1.54) is 24.3 Å². The summed E-state index contributed by atoms with van der Waals surface area (Å²) >= 11 is 0. The minimum Gasteiger partial charge on any atom is -0.207 e. The van der Waals surface area contributed by atoms with Gasteiger partial charge in [-0.25, -0.2) is 12.8 Å². The first-order valence-electron chi connectivity index (χ1n) is 7.10. The van der Waals surface area contributed by atoms with Crippen molar-refractivity contribution in [2.75, 3.05) is 6.54 Å². The van der Waals surface area contributed by atoms with Gasteiger partial charge in [0.25, 0.3) is 0 Å². The molecule has 0 fully saturated rings. The number of rotatable bonds is 7. The molecule has 0 heterocycles. The molecule has 0 saturated carbocycles. The summed E-state index contributed by atoms with van der Waals surface area (Å²) in [5, 5.41) is 0. The molecule has 0 N–H and O–H groups in total. The highest BCUT2D eigenvalue weighted by Crippen LogP contribution is 2.23. The van der Waals surface area contributed by atoms with Crippen molar-refractivity contribution in [3.05, 3.63) is 30.1 Å². The lowest BCUT2D eigenvalue weighted by molar-refractivity contribution is 0.277. The summed E-state index contributed by atoms with van der Waals surface area (Å²) in [6, 6.07) is 5.02. The second kappa shape index (κ2) is 7.18. The molecule has 0 aliphatic heterocycles. The predicted octanol–water partition coefficient (Wildman–Crippen LogP) is 3.66. The molecule has 5 heteroatoms. The van der Waals surface area contributed by atoms with Crippen LogP contribution in [0.1, 0.15) is 40.5 Å². The van der Waals surface area contributed by atoms with Crippen LogP contribution in [0.15, 0.2) is 29.2 Å². The second-order valence-corrected chi connectivity index (χ2v) is 7.28. The summed E-state index contributed by atoms with van der Waals surface area (Å²) in [6.45, 7) is 8.44. The number of hydrogen-bond donors (Lipinski definition) is 0. The van der Waals surface area contributed by atoms with Crippen LogP contribution in [-0.4, -0.2) is 25.3 Å². The van der Waals surface area contributed by atoms with Gasteiger partial charge in [0.05, 0.1) is 4.90 Å². The monoisotopic (exact) mass is 301 g/mol. The van der Waals surface area contributed by atoms with Crippen LogP contribution in [0, 0.1) is 11.7 Å². The molecule has 0 unspecified atom stereocenters. The van der Waals surface area contributed by atoms with Crippen molar-refractivity contribution in [1.82, 2.24) is 4.31 Å². The molecule has 0 radical (unpaired) electrons. The van der Waals surface area contributed by atoms with Crippen LogP contribution in [0.2, 0.25) is 0 Å². The van der Waals surface area contributed by atoms with Crippen LogP contribution in [0.3, 0.4) is 0 Å². The van der Waals surface area contributed by atoms with Crippen LogP contribution in [-0.2, 0) is 10.0 Å². The third kappa shape index (κ3) is 4.03. The third-order valence-electron chi connectivity index (χ3n) is 3.32. The van der Waals surface area contributed by atoms with Gasteiger partial charge in [0.15, 0.2) is 0 Å². The lowest BCUT2D eigenvalue weighted by Crippen LogP contribution is -2.41. The molecule has 0 bridgehead atoms. The molecule has 0 spiro atoms. The van der Waals surface area contributed by atoms with Gasteiger partial charge in [0.1, 0.15) is 5.82 Å². The average Bonchev–Trinajstić information content (AvgIpc) is 2.39. The Hall–Kier alpha value is -0.940. The van der Waals surface area contributed by atoms with Crippen molar-refractivity contribution in [2.45, 2.75) is 51.5 Å². The Morgan fingerprint density at radius 2 is 1.60 bits per heavy atom. The number of nitrogens with zero attached hydrogens (tertiary/aromatic N) is 1. The lowest BCUT2D eigenvalue weighted by Gasteiger charge is -2.31. The highest BCUT2D eigenvalue weighted by atomic mass is 32.2. The topological polar surface area (TPSA) is 37.4 Å². The molecule has 0 aromatic heterocycles. The summed E-state index contributed by atoms with van der Waals surface area (Å²) in [4.78, 5) is 0.159. The first-order valence-corrected chi connectivity index (χ1v) is 8.54. The molecule has 20 heavy (non-hydrogen) atoms. The fourth-order valence-electron chi connectivity index (χ4n) is 2.24. The molecule has 114 valence electrons. The predicted molar refractivity (Wildman–Crippen MR) is 79.5 cm³/mol. The number of sulfonamides is 1. The first kappa shape index (κ1) is 17.1. The van der Waals surface area contributed by atoms with E-state index in [1.54, 1.807) is 4.31 Å². The quantitative estimate of drug-likeness (QED) is 0.770. The Morgan fingerprint density at radius 3 is 2.00 bits per heavy atom. The molecule has 0 atom stereocenters. The molecule has 0 aliphatic carbocycles. The van der Waals surface area contributed by atoms with Gasteiger partial charge in [-0.2, -0.15) is 4.31 Å². The van der Waals surface area contributed by atoms with Crippen LogP contribution in [0.25, 0.3) is 0 Å². The first-order chi connectivity index (χ1) is 9.32. The molecule has 1 rings (SSSR count). The van der Waals surface area contributed by atoms with Gasteiger partial charge in [-0.1, -0.05) is 27.7 Å². The minimum absolute atomic E-state index is 0.0209. The van der Waals surface area contributed by atoms with E-state index in [-0.39, 0.29) is 16.9 Å². The molecular weight excluding hydrogens is 277 g/mol. The van der Waals surface area contributed by atoms with E-state index in [9.17, 15) is 12.8 Å². The van der Waals surface area contributed by atoms with Crippen molar-refractivity contribution in [3.63, 3.8) is 0 Å². The summed E-state index contributed by atoms with van der Waals surface area (Å²) in [6.07, 6.45) is 1.54. The molecule has 0 aliphatic rings. The molecule has 0 saturated heterocycles. The minimum atomic E-state index is -3.57. The van der Waals surface area contributed by atoms with E-state index in [4.69, 9.17) is 0 Å². The van der Waals surface area contributed by atoms with Crippen molar-refractivity contribution in [2.24, 2.45) is 5.92 Å². The summed E-state index contributed by atoms with van der Waals surface area (Å²) in [5.41, 5.74) is 0. The number of benzene rings is 1. The van der Waals surface area contributed by atoms with E-state index < -0.39 is 15.8 Å². The van der Waals surface area contributed by atoms with Gasteiger partial charge < -0.3 is 0 Å². The van der Waals surface area contributed by atoms with E-state index in [0.29, 0.717) is 6.54 Å². The zero-order valence-electron chi connectivity index (χ0n) is 12.6. The number of halogens is 1. The van der Waals surface area contributed by atoms with Crippen LogP contribution >= 0.6 is 0 Å². The zero-order valence-corrected chi connectivity index (χ0v) is 13.5. The van der Waals surface area contributed by atoms with Crippen molar-refractivity contribution >= 4 is 10.0 Å². The van der Waals surface area contributed by atoms with Gasteiger partial charge in [-0.15, -0.1) is 0 Å². The van der Waals surface area contributed by atoms with E-state index in [0.717, 1.165) is 12.8 Å². The fourth-order valence-corrected chi connectivity index (χ4v) is 4.18. The van der Waals surface area contributed by atoms with Crippen LogP contribution in [0.4, 0.5) is 4.39 Å². The maximum absolute atomic E-state index is 13.0. The number of hydrogen-bond acceptors (Lipinski definition) is 2. The smallest absolute Gasteiger partial charge is 0.207 e. The maximum atomic E-state index is 13.0. The van der Waals surface area contributed by atoms with Crippen LogP contribution in [0.5, 0.6) is 0 Å². The van der Waals surface area contributed by atoms with Gasteiger partial charge >= 0.3 is 0 Å². The highest BCUT2D eigenvalue weighted by molar-refractivity contribution is 7.89. The van der Waals surface area contributed by atoms with Crippen LogP contribution < -0.4 is 0 Å². The second-order valence-electron chi connectivity index (χ2n) is 5.39. The van der Waals surface area contributed by atoms with Crippen molar-refractivity contribution in [3.8, 4) is 0 Å². The summed E-state index contributed by atoms with van der Waals surface area (Å²) in [5.74, 6) is -0.187. The standard InChI is InChI=1S/C15H24FNO2S/c1-5-14(6-2)17(11-12(3)4)20(18,19)15-9-7-13(16)8-10-15/h7-10,12,14H,5-6,11H2,1-4H3. The lowest BCUT2D eigenvalue weighted by atomic mass is 10.1. The SMILES string of the molecule is CCC(CC)N(CC(C)C)S(=O)(=O)c1ccc(F)cc1. The van der Waals surface area contributed by atoms with E-state index in [2.05, 4.69) is 0 Å². The van der Waals surface area contributed by atoms with Gasteiger partial charge in [-0.3, -0.25) is 0 Å². The Kier molecular flexibility index (Phi) is 6.14. The summed E-state index contributed by atoms with van der Waals surface area (Å²) < 4.78 is 40.0. The Bertz CT molecular complexity index is 507. The molecule has 0 amide bonds. The zero-order chi connectivity index (χ0) is 15.3.